The highest BCUT2D eigenvalue weighted by Crippen LogP contribution is 2.31. The van der Waals surface area contributed by atoms with Crippen LogP contribution in [0.4, 0.5) is 0 Å². The second kappa shape index (κ2) is 3.11. The van der Waals surface area contributed by atoms with Crippen molar-refractivity contribution in [3.63, 3.8) is 0 Å². The lowest BCUT2D eigenvalue weighted by atomic mass is 9.77. The van der Waals surface area contributed by atoms with Crippen molar-refractivity contribution in [3.05, 3.63) is 0 Å². The van der Waals surface area contributed by atoms with Gasteiger partial charge in [-0.25, -0.2) is 0 Å². The molecule has 0 aromatic heterocycles. The highest BCUT2D eigenvalue weighted by Gasteiger charge is 2.29. The van der Waals surface area contributed by atoms with E-state index in [0.717, 1.165) is 25.7 Å². The van der Waals surface area contributed by atoms with Gasteiger partial charge in [0.05, 0.1) is 5.60 Å². The molecular formula is C9H19NO. The van der Waals surface area contributed by atoms with E-state index in [1.165, 1.54) is 0 Å². The van der Waals surface area contributed by atoms with Crippen LogP contribution < -0.4 is 5.73 Å². The standard InChI is InChI=1S/C9H19NO/c1-9(2,11)7-3-5-8(10)6-4-7/h7-8,11H,3-6,10H2,1-2H3. The Morgan fingerprint density at radius 1 is 1.18 bits per heavy atom. The minimum atomic E-state index is -0.500. The van der Waals surface area contributed by atoms with Crippen molar-refractivity contribution >= 4 is 0 Å². The first kappa shape index (κ1) is 9.01. The van der Waals surface area contributed by atoms with E-state index >= 15 is 0 Å². The van der Waals surface area contributed by atoms with Crippen molar-refractivity contribution in [2.75, 3.05) is 0 Å². The molecule has 0 heterocycles. The molecule has 1 fully saturated rings. The highest BCUT2D eigenvalue weighted by atomic mass is 16.3. The largest absolute Gasteiger partial charge is 0.390 e. The Labute approximate surface area is 68.8 Å². The first-order valence-corrected chi connectivity index (χ1v) is 4.48. The predicted octanol–water partition coefficient (Wildman–Crippen LogP) is 1.27. The summed E-state index contributed by atoms with van der Waals surface area (Å²) in [6.07, 6.45) is 4.33. The molecule has 1 saturated carbocycles. The smallest absolute Gasteiger partial charge is 0.0619 e. The van der Waals surface area contributed by atoms with Gasteiger partial charge in [0.1, 0.15) is 0 Å². The minimum Gasteiger partial charge on any atom is -0.390 e. The second-order valence-corrected chi connectivity index (χ2v) is 4.27. The van der Waals surface area contributed by atoms with Crippen LogP contribution in [0, 0.1) is 5.92 Å². The number of rotatable bonds is 1. The maximum absolute atomic E-state index is 9.69. The SMILES string of the molecule is CC(C)(O)C1CCC(N)CC1. The molecule has 66 valence electrons. The van der Waals surface area contributed by atoms with E-state index in [-0.39, 0.29) is 0 Å². The third-order valence-electron chi connectivity index (χ3n) is 2.77. The van der Waals surface area contributed by atoms with E-state index in [4.69, 9.17) is 5.73 Å². The quantitative estimate of drug-likeness (QED) is 0.602. The van der Waals surface area contributed by atoms with Gasteiger partial charge in [0, 0.05) is 6.04 Å². The Balaban J connectivity index is 2.39. The molecule has 1 aliphatic rings. The molecule has 0 aromatic rings. The van der Waals surface area contributed by atoms with E-state index in [1.54, 1.807) is 0 Å². The zero-order valence-electron chi connectivity index (χ0n) is 7.51. The van der Waals surface area contributed by atoms with Crippen molar-refractivity contribution in [1.82, 2.24) is 0 Å². The van der Waals surface area contributed by atoms with Gasteiger partial charge in [-0.3, -0.25) is 0 Å². The number of aliphatic hydroxyl groups is 1. The Bertz CT molecular complexity index is 120. The molecule has 0 aliphatic heterocycles. The summed E-state index contributed by atoms with van der Waals surface area (Å²) in [5.74, 6) is 0.460. The summed E-state index contributed by atoms with van der Waals surface area (Å²) in [7, 11) is 0. The predicted molar refractivity (Wildman–Crippen MR) is 46.2 cm³/mol. The summed E-state index contributed by atoms with van der Waals surface area (Å²) < 4.78 is 0. The van der Waals surface area contributed by atoms with Gasteiger partial charge < -0.3 is 10.8 Å². The Morgan fingerprint density at radius 3 is 2.00 bits per heavy atom. The van der Waals surface area contributed by atoms with Crippen molar-refractivity contribution < 1.29 is 5.11 Å². The monoisotopic (exact) mass is 157 g/mol. The van der Waals surface area contributed by atoms with Gasteiger partial charge in [-0.05, 0) is 45.4 Å². The number of nitrogens with two attached hydrogens (primary N) is 1. The molecule has 1 rings (SSSR count). The Morgan fingerprint density at radius 2 is 1.64 bits per heavy atom. The molecule has 1 aliphatic carbocycles. The summed E-state index contributed by atoms with van der Waals surface area (Å²) >= 11 is 0. The molecule has 11 heavy (non-hydrogen) atoms. The lowest BCUT2D eigenvalue weighted by molar-refractivity contribution is -0.00116. The maximum atomic E-state index is 9.69. The highest BCUT2D eigenvalue weighted by molar-refractivity contribution is 4.83. The van der Waals surface area contributed by atoms with Crippen LogP contribution in [-0.4, -0.2) is 16.7 Å². The molecule has 0 amide bonds. The van der Waals surface area contributed by atoms with Gasteiger partial charge in [-0.15, -0.1) is 0 Å². The van der Waals surface area contributed by atoms with Crippen molar-refractivity contribution in [2.45, 2.75) is 51.2 Å². The molecule has 0 bridgehead atoms. The first-order valence-electron chi connectivity index (χ1n) is 4.48. The average Bonchev–Trinajstić information content (AvgIpc) is 1.86. The second-order valence-electron chi connectivity index (χ2n) is 4.27. The Hall–Kier alpha value is -0.0800. The van der Waals surface area contributed by atoms with Crippen LogP contribution >= 0.6 is 0 Å². The van der Waals surface area contributed by atoms with E-state index in [0.29, 0.717) is 12.0 Å². The fourth-order valence-corrected chi connectivity index (χ4v) is 1.83. The van der Waals surface area contributed by atoms with Crippen LogP contribution in [0.1, 0.15) is 39.5 Å². The van der Waals surface area contributed by atoms with E-state index in [2.05, 4.69) is 0 Å². The van der Waals surface area contributed by atoms with Crippen molar-refractivity contribution in [1.29, 1.82) is 0 Å². The third kappa shape index (κ3) is 2.46. The molecule has 0 aromatic carbocycles. The minimum absolute atomic E-state index is 0.383. The molecule has 3 N–H and O–H groups in total. The first-order chi connectivity index (χ1) is 5.00. The van der Waals surface area contributed by atoms with Crippen LogP contribution in [-0.2, 0) is 0 Å². The summed E-state index contributed by atoms with van der Waals surface area (Å²) in [5.41, 5.74) is 5.26. The lowest BCUT2D eigenvalue weighted by Gasteiger charge is -2.34. The Kier molecular flexibility index (Phi) is 2.55. The van der Waals surface area contributed by atoms with Crippen LogP contribution in [0.3, 0.4) is 0 Å². The van der Waals surface area contributed by atoms with E-state index < -0.39 is 5.60 Å². The summed E-state index contributed by atoms with van der Waals surface area (Å²) in [4.78, 5) is 0. The summed E-state index contributed by atoms with van der Waals surface area (Å²) in [6, 6.07) is 0.383. The fourth-order valence-electron chi connectivity index (χ4n) is 1.83. The van der Waals surface area contributed by atoms with Gasteiger partial charge >= 0.3 is 0 Å². The van der Waals surface area contributed by atoms with Gasteiger partial charge in [0.15, 0.2) is 0 Å². The normalized spacial score (nSPS) is 33.8. The van der Waals surface area contributed by atoms with Crippen molar-refractivity contribution in [3.8, 4) is 0 Å². The van der Waals surface area contributed by atoms with Crippen LogP contribution in [0.5, 0.6) is 0 Å². The summed E-state index contributed by atoms with van der Waals surface area (Å²) in [6.45, 7) is 3.79. The molecule has 2 heteroatoms. The molecule has 0 unspecified atom stereocenters. The molecule has 0 radical (unpaired) electrons. The number of hydrogen-bond donors (Lipinski definition) is 2. The van der Waals surface area contributed by atoms with Gasteiger partial charge in [-0.1, -0.05) is 0 Å². The summed E-state index contributed by atoms with van der Waals surface area (Å²) in [5, 5.41) is 9.69. The molecule has 0 spiro atoms. The molecule has 2 nitrogen and oxygen atoms in total. The van der Waals surface area contributed by atoms with Crippen molar-refractivity contribution in [2.24, 2.45) is 11.7 Å². The van der Waals surface area contributed by atoms with Gasteiger partial charge in [-0.2, -0.15) is 0 Å². The topological polar surface area (TPSA) is 46.2 Å². The zero-order chi connectivity index (χ0) is 8.48. The lowest BCUT2D eigenvalue weighted by Crippen LogP contribution is -2.37. The van der Waals surface area contributed by atoms with E-state index in [9.17, 15) is 5.11 Å². The fraction of sp³-hybridized carbons (Fsp3) is 1.00. The molecule has 0 saturated heterocycles. The average molecular weight is 157 g/mol. The van der Waals surface area contributed by atoms with Crippen LogP contribution in [0.15, 0.2) is 0 Å². The van der Waals surface area contributed by atoms with Crippen LogP contribution in [0.25, 0.3) is 0 Å². The van der Waals surface area contributed by atoms with Gasteiger partial charge in [0.2, 0.25) is 0 Å². The van der Waals surface area contributed by atoms with Gasteiger partial charge in [0.25, 0.3) is 0 Å². The van der Waals surface area contributed by atoms with E-state index in [1.807, 2.05) is 13.8 Å². The third-order valence-corrected chi connectivity index (χ3v) is 2.77. The molecule has 0 atom stereocenters. The maximum Gasteiger partial charge on any atom is 0.0619 e. The molecular weight excluding hydrogens is 138 g/mol. The number of hydrogen-bond acceptors (Lipinski definition) is 2. The van der Waals surface area contributed by atoms with Crippen LogP contribution in [0.2, 0.25) is 0 Å². The zero-order valence-corrected chi connectivity index (χ0v) is 7.51.